The van der Waals surface area contributed by atoms with Crippen LogP contribution < -0.4 is 0 Å². The first-order valence-electron chi connectivity index (χ1n) is 6.34. The summed E-state index contributed by atoms with van der Waals surface area (Å²) in [7, 11) is 1.56. The Labute approximate surface area is 117 Å². The van der Waals surface area contributed by atoms with Crippen LogP contribution in [-0.2, 0) is 19.1 Å². The highest BCUT2D eigenvalue weighted by atomic mass is 32.2. The Morgan fingerprint density at radius 2 is 2.16 bits per heavy atom. The van der Waals surface area contributed by atoms with Crippen molar-refractivity contribution in [3.05, 3.63) is 0 Å². The number of thioether (sulfide) groups is 1. The number of methoxy groups -OCH3 is 1. The molecule has 0 bridgehead atoms. The number of hydrogen-bond donors (Lipinski definition) is 1. The van der Waals surface area contributed by atoms with E-state index in [4.69, 9.17) is 14.6 Å². The molecule has 1 N–H and O–H groups in total. The Hall–Kier alpha value is -0.790. The zero-order valence-electron chi connectivity index (χ0n) is 11.3. The average Bonchev–Trinajstić information content (AvgIpc) is 2.79. The molecule has 6 nitrogen and oxygen atoms in total. The summed E-state index contributed by atoms with van der Waals surface area (Å²) in [6.07, 6.45) is 1.72. The van der Waals surface area contributed by atoms with Crippen LogP contribution in [0.3, 0.4) is 0 Å². The fourth-order valence-electron chi connectivity index (χ4n) is 1.93. The van der Waals surface area contributed by atoms with Gasteiger partial charge in [-0.25, -0.2) is 4.79 Å². The van der Waals surface area contributed by atoms with Gasteiger partial charge in [-0.3, -0.25) is 4.79 Å². The van der Waals surface area contributed by atoms with Gasteiger partial charge in [0, 0.05) is 12.9 Å². The second-order valence-electron chi connectivity index (χ2n) is 4.28. The van der Waals surface area contributed by atoms with Gasteiger partial charge in [0.05, 0.1) is 18.6 Å². The summed E-state index contributed by atoms with van der Waals surface area (Å²) in [5, 5.41) is 9.11. The molecule has 1 rings (SSSR count). The van der Waals surface area contributed by atoms with E-state index in [-0.39, 0.29) is 17.9 Å². The zero-order valence-corrected chi connectivity index (χ0v) is 12.1. The summed E-state index contributed by atoms with van der Waals surface area (Å²) in [4.78, 5) is 24.7. The molecule has 1 aliphatic heterocycles. The van der Waals surface area contributed by atoms with Crippen molar-refractivity contribution < 1.29 is 24.2 Å². The third-order valence-corrected chi connectivity index (χ3v) is 4.21. The van der Waals surface area contributed by atoms with E-state index in [0.29, 0.717) is 19.0 Å². The lowest BCUT2D eigenvalue weighted by atomic mass is 10.2. The van der Waals surface area contributed by atoms with Crippen LogP contribution in [0.5, 0.6) is 0 Å². The Morgan fingerprint density at radius 3 is 2.74 bits per heavy atom. The van der Waals surface area contributed by atoms with E-state index < -0.39 is 12.0 Å². The molecule has 0 spiro atoms. The normalized spacial score (nSPS) is 22.7. The van der Waals surface area contributed by atoms with Gasteiger partial charge in [-0.1, -0.05) is 13.3 Å². The van der Waals surface area contributed by atoms with Gasteiger partial charge in [-0.2, -0.15) is 0 Å². The molecule has 110 valence electrons. The molecule has 7 heteroatoms. The first-order chi connectivity index (χ1) is 9.11. The van der Waals surface area contributed by atoms with Gasteiger partial charge in [0.2, 0.25) is 5.91 Å². The molecule has 1 heterocycles. The first-order valence-corrected chi connectivity index (χ1v) is 7.39. The first kappa shape index (κ1) is 16.3. The van der Waals surface area contributed by atoms with Gasteiger partial charge >= 0.3 is 5.97 Å². The van der Waals surface area contributed by atoms with Crippen molar-refractivity contribution in [1.82, 2.24) is 4.90 Å². The van der Waals surface area contributed by atoms with E-state index in [1.807, 2.05) is 6.92 Å². The van der Waals surface area contributed by atoms with Crippen LogP contribution in [0.1, 0.15) is 19.8 Å². The Balaban J connectivity index is 2.56. The largest absolute Gasteiger partial charge is 0.480 e. The molecule has 0 aromatic carbocycles. The number of carbonyl (C=O) groups excluding carboxylic acids is 1. The van der Waals surface area contributed by atoms with Crippen molar-refractivity contribution in [1.29, 1.82) is 0 Å². The molecule has 19 heavy (non-hydrogen) atoms. The molecule has 0 saturated carbocycles. The molecule has 0 radical (unpaired) electrons. The third-order valence-electron chi connectivity index (χ3n) is 2.86. The number of rotatable bonds is 8. The molecule has 0 aromatic rings. The molecular formula is C12H21NO5S. The third kappa shape index (κ3) is 4.67. The highest BCUT2D eigenvalue weighted by Gasteiger charge is 2.40. The number of carboxylic acids is 1. The van der Waals surface area contributed by atoms with Crippen molar-refractivity contribution in [2.45, 2.75) is 31.2 Å². The van der Waals surface area contributed by atoms with Crippen molar-refractivity contribution in [2.24, 2.45) is 0 Å². The number of hydrogen-bond acceptors (Lipinski definition) is 5. The van der Waals surface area contributed by atoms with Crippen molar-refractivity contribution in [2.75, 3.05) is 32.7 Å². The standard InChI is InChI=1S/C12H21NO5S/c1-3-4-11-13(9(8-19-11)12(15)16)10(14)7-18-6-5-17-2/h9,11H,3-8H2,1-2H3,(H,15,16). The molecule has 2 unspecified atom stereocenters. The maximum absolute atomic E-state index is 12.1. The molecular weight excluding hydrogens is 270 g/mol. The second-order valence-corrected chi connectivity index (χ2v) is 5.49. The van der Waals surface area contributed by atoms with Crippen molar-refractivity contribution >= 4 is 23.6 Å². The molecule has 0 aromatic heterocycles. The van der Waals surface area contributed by atoms with E-state index in [2.05, 4.69) is 0 Å². The maximum atomic E-state index is 12.1. The van der Waals surface area contributed by atoms with Crippen LogP contribution in [-0.4, -0.2) is 66.0 Å². The highest BCUT2D eigenvalue weighted by Crippen LogP contribution is 2.32. The van der Waals surface area contributed by atoms with Crippen LogP contribution in [0.25, 0.3) is 0 Å². The van der Waals surface area contributed by atoms with Crippen LogP contribution in [0.2, 0.25) is 0 Å². The average molecular weight is 291 g/mol. The van der Waals surface area contributed by atoms with Gasteiger partial charge in [0.1, 0.15) is 12.6 Å². The quantitative estimate of drug-likeness (QED) is 0.667. The van der Waals surface area contributed by atoms with Gasteiger partial charge in [-0.05, 0) is 6.42 Å². The van der Waals surface area contributed by atoms with E-state index in [9.17, 15) is 9.59 Å². The summed E-state index contributed by atoms with van der Waals surface area (Å²) in [5.74, 6) is -0.757. The molecule has 1 saturated heterocycles. The topological polar surface area (TPSA) is 76.1 Å². The number of aliphatic carboxylic acids is 1. The fraction of sp³-hybridized carbons (Fsp3) is 0.833. The highest BCUT2D eigenvalue weighted by molar-refractivity contribution is 8.00. The summed E-state index contributed by atoms with van der Waals surface area (Å²) >= 11 is 1.53. The minimum Gasteiger partial charge on any atom is -0.480 e. The number of carboxylic acid groups (broad SMARTS) is 1. The lowest BCUT2D eigenvalue weighted by molar-refractivity contribution is -0.151. The fourth-order valence-corrected chi connectivity index (χ4v) is 3.47. The number of nitrogens with zero attached hydrogens (tertiary/aromatic N) is 1. The lowest BCUT2D eigenvalue weighted by Crippen LogP contribution is -2.47. The smallest absolute Gasteiger partial charge is 0.327 e. The number of carbonyl (C=O) groups is 2. The van der Waals surface area contributed by atoms with E-state index in [0.717, 1.165) is 12.8 Å². The molecule has 1 amide bonds. The Kier molecular flexibility index (Phi) is 7.19. The van der Waals surface area contributed by atoms with Crippen LogP contribution >= 0.6 is 11.8 Å². The monoisotopic (exact) mass is 291 g/mol. The van der Waals surface area contributed by atoms with Gasteiger partial charge in [-0.15, -0.1) is 11.8 Å². The Morgan fingerprint density at radius 1 is 1.42 bits per heavy atom. The van der Waals surface area contributed by atoms with Crippen LogP contribution in [0.15, 0.2) is 0 Å². The zero-order chi connectivity index (χ0) is 14.3. The summed E-state index contributed by atoms with van der Waals surface area (Å²) in [6.45, 7) is 2.68. The minimum absolute atomic E-state index is 0.0513. The minimum atomic E-state index is -0.948. The van der Waals surface area contributed by atoms with Gasteiger partial charge < -0.3 is 19.5 Å². The lowest BCUT2D eigenvalue weighted by Gasteiger charge is -2.27. The summed E-state index contributed by atoms with van der Waals surface area (Å²) in [5.41, 5.74) is 0. The predicted molar refractivity (Wildman–Crippen MR) is 72.1 cm³/mol. The van der Waals surface area contributed by atoms with Gasteiger partial charge in [0.25, 0.3) is 0 Å². The van der Waals surface area contributed by atoms with E-state index in [1.165, 1.54) is 16.7 Å². The molecule has 0 aliphatic carbocycles. The maximum Gasteiger partial charge on any atom is 0.327 e. The summed E-state index contributed by atoms with van der Waals surface area (Å²) in [6, 6.07) is -0.736. The van der Waals surface area contributed by atoms with Crippen LogP contribution in [0.4, 0.5) is 0 Å². The number of ether oxygens (including phenoxy) is 2. The van der Waals surface area contributed by atoms with Gasteiger partial charge in [0.15, 0.2) is 0 Å². The second kappa shape index (κ2) is 8.39. The number of amides is 1. The molecule has 1 fully saturated rings. The Bertz CT molecular complexity index is 312. The SMILES string of the molecule is CCCC1SCC(C(=O)O)N1C(=O)COCCOC. The van der Waals surface area contributed by atoms with Crippen LogP contribution in [0, 0.1) is 0 Å². The summed E-state index contributed by atoms with van der Waals surface area (Å²) < 4.78 is 10.0. The molecule has 2 atom stereocenters. The van der Waals surface area contributed by atoms with Crippen molar-refractivity contribution in [3.8, 4) is 0 Å². The predicted octanol–water partition coefficient (Wildman–Crippen LogP) is 0.804. The van der Waals surface area contributed by atoms with E-state index in [1.54, 1.807) is 7.11 Å². The van der Waals surface area contributed by atoms with Crippen molar-refractivity contribution in [3.63, 3.8) is 0 Å². The van der Waals surface area contributed by atoms with E-state index >= 15 is 0 Å². The molecule has 1 aliphatic rings.